The second-order valence-electron chi connectivity index (χ2n) is 5.84. The van der Waals surface area contributed by atoms with Gasteiger partial charge in [0.25, 0.3) is 0 Å². The van der Waals surface area contributed by atoms with E-state index in [-0.39, 0.29) is 6.54 Å². The molecule has 0 saturated heterocycles. The maximum absolute atomic E-state index is 12.9. The molecule has 3 aromatic rings. The average Bonchev–Trinajstić information content (AvgIpc) is 2.69. The summed E-state index contributed by atoms with van der Waals surface area (Å²) in [5.74, 6) is -1.42. The number of carbonyl (C=O) groups is 2. The fraction of sp³-hybridized carbons (Fsp3) is 0.0476. The molecule has 0 aromatic heterocycles. The van der Waals surface area contributed by atoms with Crippen molar-refractivity contribution in [2.24, 2.45) is 0 Å². The summed E-state index contributed by atoms with van der Waals surface area (Å²) < 4.78 is 0. The Hall–Kier alpha value is -3.31. The number of amides is 2. The van der Waals surface area contributed by atoms with Gasteiger partial charge >= 0.3 is 11.8 Å². The molecule has 0 radical (unpaired) electrons. The molecule has 0 aliphatic rings. The molecule has 136 valence electrons. The van der Waals surface area contributed by atoms with Crippen LogP contribution in [0, 0.1) is 0 Å². The monoisotopic (exact) mass is 379 g/mol. The van der Waals surface area contributed by atoms with Gasteiger partial charge in [0.1, 0.15) is 0 Å². The van der Waals surface area contributed by atoms with Gasteiger partial charge in [-0.05, 0) is 48.0 Å². The number of carbonyl (C=O) groups excluding carboxylic acids is 2. The summed E-state index contributed by atoms with van der Waals surface area (Å²) in [6, 6.07) is 22.9. The van der Waals surface area contributed by atoms with Gasteiger partial charge in [0.2, 0.25) is 0 Å². The van der Waals surface area contributed by atoms with Crippen molar-refractivity contribution < 1.29 is 9.59 Å². The Balaban J connectivity index is 1.83. The molecule has 0 spiro atoms. The van der Waals surface area contributed by atoms with Crippen LogP contribution in [0.15, 0.2) is 78.9 Å². The van der Waals surface area contributed by atoms with E-state index in [1.165, 1.54) is 4.90 Å². The van der Waals surface area contributed by atoms with E-state index in [0.717, 1.165) is 5.56 Å². The summed E-state index contributed by atoms with van der Waals surface area (Å²) >= 11 is 6.10. The first-order valence-electron chi connectivity index (χ1n) is 8.32. The van der Waals surface area contributed by atoms with Crippen LogP contribution in [0.2, 0.25) is 5.02 Å². The summed E-state index contributed by atoms with van der Waals surface area (Å²) in [5.41, 5.74) is 8.17. The number of hydrogen-bond acceptors (Lipinski definition) is 3. The van der Waals surface area contributed by atoms with E-state index < -0.39 is 11.8 Å². The van der Waals surface area contributed by atoms with Gasteiger partial charge < -0.3 is 11.1 Å². The highest BCUT2D eigenvalue weighted by atomic mass is 35.5. The first kappa shape index (κ1) is 18.5. The molecule has 2 amide bonds. The van der Waals surface area contributed by atoms with E-state index in [2.05, 4.69) is 5.32 Å². The van der Waals surface area contributed by atoms with Gasteiger partial charge in [-0.1, -0.05) is 48.0 Å². The first-order chi connectivity index (χ1) is 13.1. The average molecular weight is 380 g/mol. The number of nitrogens with zero attached hydrogens (tertiary/aromatic N) is 1. The standard InChI is InChI=1S/C21H18ClN3O2/c22-19-9-5-4-6-15(19)14-24-20(26)21(27)25(17-7-2-1-3-8-17)18-12-10-16(23)11-13-18/h1-13H,14,23H2,(H,24,26). The summed E-state index contributed by atoms with van der Waals surface area (Å²) in [7, 11) is 0. The normalized spacial score (nSPS) is 10.3. The number of nitrogens with one attached hydrogen (secondary N) is 1. The van der Waals surface area contributed by atoms with Gasteiger partial charge in [-0.3, -0.25) is 14.5 Å². The topological polar surface area (TPSA) is 75.4 Å². The minimum absolute atomic E-state index is 0.161. The van der Waals surface area contributed by atoms with Crippen LogP contribution >= 0.6 is 11.6 Å². The van der Waals surface area contributed by atoms with Gasteiger partial charge in [-0.2, -0.15) is 0 Å². The zero-order valence-electron chi connectivity index (χ0n) is 14.4. The lowest BCUT2D eigenvalue weighted by Gasteiger charge is -2.22. The molecule has 3 aromatic carbocycles. The molecule has 27 heavy (non-hydrogen) atoms. The van der Waals surface area contributed by atoms with Crippen molar-refractivity contribution in [1.29, 1.82) is 0 Å². The predicted molar refractivity (Wildman–Crippen MR) is 108 cm³/mol. The van der Waals surface area contributed by atoms with Crippen LogP contribution in [0.4, 0.5) is 17.1 Å². The van der Waals surface area contributed by atoms with Gasteiger partial charge in [-0.15, -0.1) is 0 Å². The Morgan fingerprint density at radius 3 is 2.11 bits per heavy atom. The SMILES string of the molecule is Nc1ccc(N(C(=O)C(=O)NCc2ccccc2Cl)c2ccccc2)cc1. The van der Waals surface area contributed by atoms with Gasteiger partial charge in [-0.25, -0.2) is 0 Å². The molecule has 0 fully saturated rings. The van der Waals surface area contributed by atoms with Crippen molar-refractivity contribution in [3.05, 3.63) is 89.4 Å². The van der Waals surface area contributed by atoms with E-state index in [4.69, 9.17) is 17.3 Å². The van der Waals surface area contributed by atoms with Crippen LogP contribution in [0.5, 0.6) is 0 Å². The van der Waals surface area contributed by atoms with Crippen molar-refractivity contribution >= 4 is 40.5 Å². The Morgan fingerprint density at radius 1 is 0.852 bits per heavy atom. The molecule has 3 rings (SSSR count). The lowest BCUT2D eigenvalue weighted by Crippen LogP contribution is -2.40. The fourth-order valence-corrected chi connectivity index (χ4v) is 2.78. The smallest absolute Gasteiger partial charge is 0.320 e. The highest BCUT2D eigenvalue weighted by molar-refractivity contribution is 6.42. The highest BCUT2D eigenvalue weighted by Gasteiger charge is 2.24. The second-order valence-corrected chi connectivity index (χ2v) is 6.25. The maximum Gasteiger partial charge on any atom is 0.320 e. The van der Waals surface area contributed by atoms with Crippen molar-refractivity contribution in [1.82, 2.24) is 5.32 Å². The number of nitrogen functional groups attached to an aromatic ring is 1. The van der Waals surface area contributed by atoms with Crippen LogP contribution in [-0.2, 0) is 16.1 Å². The molecule has 0 unspecified atom stereocenters. The zero-order chi connectivity index (χ0) is 19.2. The molecule has 0 bridgehead atoms. The summed E-state index contributed by atoms with van der Waals surface area (Å²) in [6.45, 7) is 0.161. The molecular formula is C21H18ClN3O2. The summed E-state index contributed by atoms with van der Waals surface area (Å²) in [6.07, 6.45) is 0. The van der Waals surface area contributed by atoms with E-state index in [9.17, 15) is 9.59 Å². The van der Waals surface area contributed by atoms with E-state index in [1.807, 2.05) is 12.1 Å². The Kier molecular flexibility index (Phi) is 5.74. The number of anilines is 3. The molecule has 0 atom stereocenters. The van der Waals surface area contributed by atoms with Crippen LogP contribution < -0.4 is 16.0 Å². The largest absolute Gasteiger partial charge is 0.399 e. The van der Waals surface area contributed by atoms with Crippen LogP contribution in [0.3, 0.4) is 0 Å². The van der Waals surface area contributed by atoms with E-state index in [1.54, 1.807) is 66.7 Å². The molecule has 0 aliphatic heterocycles. The summed E-state index contributed by atoms with van der Waals surface area (Å²) in [4.78, 5) is 26.7. The van der Waals surface area contributed by atoms with Gasteiger partial charge in [0.15, 0.2) is 0 Å². The summed E-state index contributed by atoms with van der Waals surface area (Å²) in [5, 5.41) is 3.16. The third kappa shape index (κ3) is 4.46. The predicted octanol–water partition coefficient (Wildman–Crippen LogP) is 3.90. The molecule has 6 heteroatoms. The number of benzene rings is 3. The van der Waals surface area contributed by atoms with E-state index >= 15 is 0 Å². The zero-order valence-corrected chi connectivity index (χ0v) is 15.2. The van der Waals surface area contributed by atoms with Crippen LogP contribution in [-0.4, -0.2) is 11.8 Å². The van der Waals surface area contributed by atoms with Crippen molar-refractivity contribution in [3.8, 4) is 0 Å². The molecule has 3 N–H and O–H groups in total. The Bertz CT molecular complexity index is 943. The maximum atomic E-state index is 12.9. The lowest BCUT2D eigenvalue weighted by molar-refractivity contribution is -0.137. The molecular weight excluding hydrogens is 362 g/mol. The third-order valence-corrected chi connectivity index (χ3v) is 4.33. The minimum Gasteiger partial charge on any atom is -0.399 e. The van der Waals surface area contributed by atoms with Crippen molar-refractivity contribution in [2.75, 3.05) is 10.6 Å². The second kappa shape index (κ2) is 8.38. The van der Waals surface area contributed by atoms with E-state index in [0.29, 0.717) is 22.1 Å². The molecule has 0 aliphatic carbocycles. The molecule has 0 heterocycles. The number of rotatable bonds is 4. The first-order valence-corrected chi connectivity index (χ1v) is 8.70. The van der Waals surface area contributed by atoms with Crippen LogP contribution in [0.25, 0.3) is 0 Å². The quantitative estimate of drug-likeness (QED) is 0.533. The van der Waals surface area contributed by atoms with Crippen molar-refractivity contribution in [2.45, 2.75) is 6.54 Å². The number of para-hydroxylation sites is 1. The Morgan fingerprint density at radius 2 is 1.44 bits per heavy atom. The number of halogens is 1. The Labute approximate surface area is 162 Å². The number of nitrogens with two attached hydrogens (primary N) is 1. The fourth-order valence-electron chi connectivity index (χ4n) is 2.58. The lowest BCUT2D eigenvalue weighted by atomic mass is 10.2. The van der Waals surface area contributed by atoms with Crippen LogP contribution in [0.1, 0.15) is 5.56 Å². The van der Waals surface area contributed by atoms with Gasteiger partial charge in [0.05, 0.1) is 0 Å². The number of hydrogen-bond donors (Lipinski definition) is 2. The van der Waals surface area contributed by atoms with Gasteiger partial charge in [0, 0.05) is 28.6 Å². The molecule has 0 saturated carbocycles. The minimum atomic E-state index is -0.726. The van der Waals surface area contributed by atoms with Crippen molar-refractivity contribution in [3.63, 3.8) is 0 Å². The highest BCUT2D eigenvalue weighted by Crippen LogP contribution is 2.26. The third-order valence-electron chi connectivity index (χ3n) is 3.96. The molecule has 5 nitrogen and oxygen atoms in total.